The van der Waals surface area contributed by atoms with Crippen LogP contribution in [0.3, 0.4) is 0 Å². The largest absolute Gasteiger partial charge is 0.301 e. The minimum Gasteiger partial charge on any atom is -0.301 e. The van der Waals surface area contributed by atoms with Gasteiger partial charge in [0.1, 0.15) is 5.03 Å². The fourth-order valence-electron chi connectivity index (χ4n) is 3.47. The van der Waals surface area contributed by atoms with Crippen LogP contribution in [0.25, 0.3) is 5.69 Å². The molecule has 1 atom stereocenters. The van der Waals surface area contributed by atoms with Gasteiger partial charge >= 0.3 is 0 Å². The van der Waals surface area contributed by atoms with Crippen molar-refractivity contribution in [3.05, 3.63) is 71.7 Å². The van der Waals surface area contributed by atoms with Crippen molar-refractivity contribution in [2.75, 3.05) is 0 Å². The molecule has 1 aromatic heterocycles. The Balaban J connectivity index is 0.000000224. The summed E-state index contributed by atoms with van der Waals surface area (Å²) < 4.78 is 3.84. The van der Waals surface area contributed by atoms with Crippen LogP contribution in [0.15, 0.2) is 71.7 Å². The van der Waals surface area contributed by atoms with E-state index in [0.29, 0.717) is 0 Å². The molecule has 0 radical (unpaired) electrons. The number of thioether (sulfide) groups is 1. The van der Waals surface area contributed by atoms with Crippen molar-refractivity contribution in [2.24, 2.45) is 0 Å². The van der Waals surface area contributed by atoms with Crippen molar-refractivity contribution < 1.29 is 0 Å². The molecule has 170 valence electrons. The first-order valence-electron chi connectivity index (χ1n) is 11.4. The summed E-state index contributed by atoms with van der Waals surface area (Å²) in [7, 11) is 2.72. The second-order valence-corrected chi connectivity index (χ2v) is 9.11. The molecule has 2 heterocycles. The number of nitrogens with zero attached hydrogens (tertiary/aromatic N) is 3. The minimum atomic E-state index is 0.767. The Morgan fingerprint density at radius 3 is 2.48 bits per heavy atom. The number of para-hydroxylation sites is 1. The van der Waals surface area contributed by atoms with Gasteiger partial charge in [0, 0.05) is 17.6 Å². The SMILES string of the molecule is C=C(CCC)C1=C(SC2CCCCC2)N(P)NN1.CC.c1ccc(-n2cccn2)cc1. The molecule has 31 heavy (non-hydrogen) atoms. The highest BCUT2D eigenvalue weighted by atomic mass is 32.2. The molecule has 2 aromatic rings. The Morgan fingerprint density at radius 2 is 1.87 bits per heavy atom. The Morgan fingerprint density at radius 1 is 1.16 bits per heavy atom. The van der Waals surface area contributed by atoms with E-state index in [1.54, 1.807) is 6.20 Å². The Hall–Kier alpha value is -1.75. The molecule has 1 aromatic carbocycles. The normalized spacial score (nSPS) is 16.1. The van der Waals surface area contributed by atoms with Crippen LogP contribution in [0, 0.1) is 0 Å². The van der Waals surface area contributed by atoms with E-state index in [1.165, 1.54) is 48.4 Å². The zero-order valence-electron chi connectivity index (χ0n) is 19.2. The molecule has 0 bridgehead atoms. The highest BCUT2D eigenvalue weighted by Gasteiger charge is 2.25. The van der Waals surface area contributed by atoms with Crippen molar-refractivity contribution in [3.8, 4) is 5.69 Å². The van der Waals surface area contributed by atoms with Gasteiger partial charge in [-0.05, 0) is 52.4 Å². The number of hydrogen-bond donors (Lipinski definition) is 2. The average molecular weight is 460 g/mol. The summed E-state index contributed by atoms with van der Waals surface area (Å²) in [6.45, 7) is 10.4. The maximum absolute atomic E-state index is 4.19. The first-order chi connectivity index (χ1) is 15.2. The van der Waals surface area contributed by atoms with Gasteiger partial charge in [-0.15, -0.1) is 17.3 Å². The standard InChI is InChI=1S/C13H24N3PS.C9H8N2.C2H6/c1-3-7-10(2)12-13(16(17)15-14-12)18-11-8-5-4-6-9-11;1-2-5-9(6-3-1)11-8-4-7-10-11;1-2/h11,14-15H,2-9,17H2,1H3;1-8H;1-2H3. The van der Waals surface area contributed by atoms with Crippen molar-refractivity contribution in [1.82, 2.24) is 25.5 Å². The fraction of sp³-hybridized carbons (Fsp3) is 0.458. The third kappa shape index (κ3) is 8.03. The summed E-state index contributed by atoms with van der Waals surface area (Å²) in [5.41, 5.74) is 9.86. The molecule has 1 fully saturated rings. The molecule has 7 heteroatoms. The maximum atomic E-state index is 4.19. The van der Waals surface area contributed by atoms with Crippen LogP contribution in [0.1, 0.15) is 65.7 Å². The number of benzene rings is 1. The summed E-state index contributed by atoms with van der Waals surface area (Å²) in [6.07, 6.45) is 12.8. The first kappa shape index (κ1) is 25.5. The molecule has 4 rings (SSSR count). The van der Waals surface area contributed by atoms with Crippen LogP contribution in [0.4, 0.5) is 0 Å². The van der Waals surface area contributed by atoms with Gasteiger partial charge in [0.25, 0.3) is 0 Å². The van der Waals surface area contributed by atoms with E-state index >= 15 is 0 Å². The first-order valence-corrected chi connectivity index (χ1v) is 12.8. The molecule has 5 nitrogen and oxygen atoms in total. The number of nitrogens with one attached hydrogen (secondary N) is 2. The average Bonchev–Trinajstić information content (AvgIpc) is 3.48. The molecule has 0 amide bonds. The topological polar surface area (TPSA) is 45.1 Å². The Bertz CT molecular complexity index is 786. The Kier molecular flexibility index (Phi) is 11.8. The van der Waals surface area contributed by atoms with Gasteiger partial charge in [-0.3, -0.25) is 4.78 Å². The van der Waals surface area contributed by atoms with Crippen LogP contribution in [0.5, 0.6) is 0 Å². The van der Waals surface area contributed by atoms with E-state index in [4.69, 9.17) is 0 Å². The van der Waals surface area contributed by atoms with E-state index in [1.807, 2.05) is 77.7 Å². The lowest BCUT2D eigenvalue weighted by atomic mass is 10.0. The van der Waals surface area contributed by atoms with Gasteiger partial charge in [-0.1, -0.05) is 71.2 Å². The van der Waals surface area contributed by atoms with Crippen LogP contribution < -0.4 is 11.0 Å². The van der Waals surface area contributed by atoms with Crippen molar-refractivity contribution in [3.63, 3.8) is 0 Å². The monoisotopic (exact) mass is 459 g/mol. The van der Waals surface area contributed by atoms with Gasteiger partial charge in [0.2, 0.25) is 0 Å². The number of rotatable bonds is 6. The predicted octanol–water partition coefficient (Wildman–Crippen LogP) is 6.59. The van der Waals surface area contributed by atoms with Crippen LogP contribution in [-0.2, 0) is 0 Å². The molecular formula is C24H38N5PS. The zero-order valence-corrected chi connectivity index (χ0v) is 21.2. The molecule has 1 aliphatic heterocycles. The molecular weight excluding hydrogens is 421 g/mol. The van der Waals surface area contributed by atoms with E-state index in [0.717, 1.165) is 23.8 Å². The van der Waals surface area contributed by atoms with Gasteiger partial charge in [0.15, 0.2) is 0 Å². The third-order valence-electron chi connectivity index (χ3n) is 4.99. The van der Waals surface area contributed by atoms with E-state index < -0.39 is 0 Å². The molecule has 2 N–H and O–H groups in total. The summed E-state index contributed by atoms with van der Waals surface area (Å²) in [6, 6.07) is 11.9. The van der Waals surface area contributed by atoms with Crippen LogP contribution in [0.2, 0.25) is 0 Å². The maximum Gasteiger partial charge on any atom is 0.115 e. The summed E-state index contributed by atoms with van der Waals surface area (Å²) in [4.78, 5) is 0. The predicted molar refractivity (Wildman–Crippen MR) is 138 cm³/mol. The molecule has 1 saturated carbocycles. The van der Waals surface area contributed by atoms with E-state index in [-0.39, 0.29) is 0 Å². The van der Waals surface area contributed by atoms with Crippen LogP contribution in [-0.4, -0.2) is 19.8 Å². The lowest BCUT2D eigenvalue weighted by Gasteiger charge is -2.24. The smallest absolute Gasteiger partial charge is 0.115 e. The van der Waals surface area contributed by atoms with E-state index in [2.05, 4.69) is 39.0 Å². The number of allylic oxidation sites excluding steroid dienone is 1. The van der Waals surface area contributed by atoms with E-state index in [9.17, 15) is 0 Å². The zero-order chi connectivity index (χ0) is 22.5. The summed E-state index contributed by atoms with van der Waals surface area (Å²) >= 11 is 2.00. The van der Waals surface area contributed by atoms with Crippen molar-refractivity contribution in [2.45, 2.75) is 71.0 Å². The Labute approximate surface area is 194 Å². The van der Waals surface area contributed by atoms with Crippen molar-refractivity contribution >= 4 is 21.2 Å². The van der Waals surface area contributed by atoms with Crippen molar-refractivity contribution in [1.29, 1.82) is 0 Å². The van der Waals surface area contributed by atoms with Gasteiger partial charge < -0.3 is 5.43 Å². The summed E-state index contributed by atoms with van der Waals surface area (Å²) in [5.74, 6) is 0. The fourth-order valence-corrected chi connectivity index (χ4v) is 5.20. The minimum absolute atomic E-state index is 0.767. The molecule has 1 unspecified atom stereocenters. The number of aromatic nitrogens is 2. The number of hydrazine groups is 2. The second kappa shape index (κ2) is 14.3. The molecule has 2 aliphatic rings. The molecule has 0 saturated heterocycles. The third-order valence-corrected chi connectivity index (χ3v) is 7.00. The van der Waals surface area contributed by atoms with Gasteiger partial charge in [0.05, 0.1) is 11.4 Å². The quantitative estimate of drug-likeness (QED) is 0.477. The van der Waals surface area contributed by atoms with Crippen LogP contribution >= 0.6 is 21.2 Å². The highest BCUT2D eigenvalue weighted by molar-refractivity contribution is 8.03. The second-order valence-electron chi connectivity index (χ2n) is 7.30. The lowest BCUT2D eigenvalue weighted by molar-refractivity contribution is 0.438. The molecule has 1 aliphatic carbocycles. The molecule has 0 spiro atoms. The lowest BCUT2D eigenvalue weighted by Crippen LogP contribution is -2.31. The van der Waals surface area contributed by atoms with Gasteiger partial charge in [-0.25, -0.2) is 4.68 Å². The number of hydrogen-bond acceptors (Lipinski definition) is 5. The summed E-state index contributed by atoms with van der Waals surface area (Å²) in [5, 5.41) is 6.15. The highest BCUT2D eigenvalue weighted by Crippen LogP contribution is 2.39. The van der Waals surface area contributed by atoms with Gasteiger partial charge in [-0.2, -0.15) is 5.10 Å².